The van der Waals surface area contributed by atoms with Crippen molar-refractivity contribution in [2.45, 2.75) is 77.7 Å². The summed E-state index contributed by atoms with van der Waals surface area (Å²) in [5.41, 5.74) is -0.780. The lowest BCUT2D eigenvalue weighted by Crippen LogP contribution is -2.54. The van der Waals surface area contributed by atoms with Crippen molar-refractivity contribution in [3.05, 3.63) is 35.9 Å². The monoisotopic (exact) mass is 450 g/mol. The Hall–Kier alpha value is -3.10. The van der Waals surface area contributed by atoms with Crippen molar-refractivity contribution in [2.24, 2.45) is 0 Å². The number of nitrogens with one attached hydrogen (secondary N) is 2. The van der Waals surface area contributed by atoms with Crippen LogP contribution in [0.25, 0.3) is 0 Å². The van der Waals surface area contributed by atoms with Gasteiger partial charge in [-0.3, -0.25) is 9.59 Å². The SMILES string of the molecule is COC(=O)C(Cc1ccccc1)NC(=O)C(CC(=O)OC(C)(C)C)NC(=O)OC(C)(C)C. The molecule has 0 heterocycles. The van der Waals surface area contributed by atoms with Gasteiger partial charge < -0.3 is 24.8 Å². The highest BCUT2D eigenvalue weighted by atomic mass is 16.6. The second-order valence-corrected chi connectivity index (χ2v) is 9.26. The van der Waals surface area contributed by atoms with E-state index in [1.54, 1.807) is 65.8 Å². The first-order chi connectivity index (χ1) is 14.7. The van der Waals surface area contributed by atoms with Crippen molar-refractivity contribution in [3.63, 3.8) is 0 Å². The van der Waals surface area contributed by atoms with Crippen molar-refractivity contribution in [3.8, 4) is 0 Å². The molecule has 2 atom stereocenters. The summed E-state index contributed by atoms with van der Waals surface area (Å²) in [4.78, 5) is 49.8. The van der Waals surface area contributed by atoms with Gasteiger partial charge in [-0.2, -0.15) is 0 Å². The number of carbonyl (C=O) groups excluding carboxylic acids is 4. The van der Waals surface area contributed by atoms with Crippen LogP contribution < -0.4 is 10.6 Å². The van der Waals surface area contributed by atoms with Crippen LogP contribution in [0.2, 0.25) is 0 Å². The normalized spacial score (nSPS) is 13.3. The molecule has 9 nitrogen and oxygen atoms in total. The highest BCUT2D eigenvalue weighted by molar-refractivity contribution is 5.92. The maximum Gasteiger partial charge on any atom is 0.408 e. The van der Waals surface area contributed by atoms with Gasteiger partial charge in [-0.05, 0) is 47.1 Å². The molecule has 1 aromatic carbocycles. The van der Waals surface area contributed by atoms with E-state index in [1.165, 1.54) is 7.11 Å². The highest BCUT2D eigenvalue weighted by Crippen LogP contribution is 2.12. The third kappa shape index (κ3) is 10.8. The van der Waals surface area contributed by atoms with Gasteiger partial charge in [0, 0.05) is 6.42 Å². The van der Waals surface area contributed by atoms with Crippen LogP contribution in [-0.2, 0) is 35.0 Å². The van der Waals surface area contributed by atoms with Gasteiger partial charge in [0.25, 0.3) is 0 Å². The Morgan fingerprint density at radius 3 is 1.91 bits per heavy atom. The minimum atomic E-state index is -1.32. The summed E-state index contributed by atoms with van der Waals surface area (Å²) >= 11 is 0. The van der Waals surface area contributed by atoms with Gasteiger partial charge >= 0.3 is 18.0 Å². The first kappa shape index (κ1) is 26.9. The second kappa shape index (κ2) is 11.5. The zero-order valence-corrected chi connectivity index (χ0v) is 19.8. The summed E-state index contributed by atoms with van der Waals surface area (Å²) in [6.07, 6.45) is -1.15. The van der Waals surface area contributed by atoms with E-state index in [2.05, 4.69) is 10.6 Å². The Labute approximate surface area is 189 Å². The zero-order chi connectivity index (χ0) is 24.5. The molecule has 2 amide bonds. The number of esters is 2. The quantitative estimate of drug-likeness (QED) is 0.461. The van der Waals surface area contributed by atoms with Crippen molar-refractivity contribution in [1.29, 1.82) is 0 Å². The van der Waals surface area contributed by atoms with E-state index < -0.39 is 53.6 Å². The summed E-state index contributed by atoms with van der Waals surface area (Å²) < 4.78 is 15.3. The van der Waals surface area contributed by atoms with Crippen molar-refractivity contribution in [2.75, 3.05) is 7.11 Å². The Kier molecular flexibility index (Phi) is 9.68. The topological polar surface area (TPSA) is 120 Å². The van der Waals surface area contributed by atoms with Gasteiger partial charge in [0.05, 0.1) is 13.5 Å². The number of hydrogen-bond acceptors (Lipinski definition) is 7. The predicted molar refractivity (Wildman–Crippen MR) is 118 cm³/mol. The zero-order valence-electron chi connectivity index (χ0n) is 19.8. The van der Waals surface area contributed by atoms with E-state index in [0.29, 0.717) is 0 Å². The van der Waals surface area contributed by atoms with Gasteiger partial charge in [0.15, 0.2) is 0 Å². The molecular formula is C23H34N2O7. The fourth-order valence-electron chi connectivity index (χ4n) is 2.67. The van der Waals surface area contributed by atoms with E-state index in [-0.39, 0.29) is 6.42 Å². The summed E-state index contributed by atoms with van der Waals surface area (Å²) in [5, 5.41) is 4.95. The first-order valence-corrected chi connectivity index (χ1v) is 10.3. The molecule has 1 aromatic rings. The molecule has 178 valence electrons. The molecule has 32 heavy (non-hydrogen) atoms. The maximum atomic E-state index is 13.0. The van der Waals surface area contributed by atoms with Gasteiger partial charge in [-0.25, -0.2) is 9.59 Å². The molecule has 0 aromatic heterocycles. The van der Waals surface area contributed by atoms with Gasteiger partial charge in [-0.15, -0.1) is 0 Å². The third-order valence-corrected chi connectivity index (χ3v) is 3.88. The van der Waals surface area contributed by atoms with Crippen molar-refractivity contribution >= 4 is 23.9 Å². The molecule has 2 N–H and O–H groups in total. The Morgan fingerprint density at radius 1 is 0.844 bits per heavy atom. The van der Waals surface area contributed by atoms with Crippen LogP contribution in [-0.4, -0.2) is 54.3 Å². The molecule has 0 aliphatic carbocycles. The largest absolute Gasteiger partial charge is 0.467 e. The highest BCUT2D eigenvalue weighted by Gasteiger charge is 2.32. The molecule has 0 saturated carbocycles. The lowest BCUT2D eigenvalue weighted by Gasteiger charge is -2.26. The van der Waals surface area contributed by atoms with Gasteiger partial charge in [0.2, 0.25) is 5.91 Å². The average Bonchev–Trinajstić information content (AvgIpc) is 2.64. The third-order valence-electron chi connectivity index (χ3n) is 3.88. The van der Waals surface area contributed by atoms with Crippen molar-refractivity contribution in [1.82, 2.24) is 10.6 Å². The molecule has 1 rings (SSSR count). The van der Waals surface area contributed by atoms with E-state index in [4.69, 9.17) is 14.2 Å². The Morgan fingerprint density at radius 2 is 1.41 bits per heavy atom. The van der Waals surface area contributed by atoms with Crippen LogP contribution in [0.4, 0.5) is 4.79 Å². The summed E-state index contributed by atoms with van der Waals surface area (Å²) in [5.74, 6) is -2.09. The van der Waals surface area contributed by atoms with E-state index in [9.17, 15) is 19.2 Å². The molecular weight excluding hydrogens is 416 g/mol. The summed E-state index contributed by atoms with van der Waals surface area (Å²) in [7, 11) is 1.21. The van der Waals surface area contributed by atoms with Gasteiger partial charge in [-0.1, -0.05) is 30.3 Å². The minimum Gasteiger partial charge on any atom is -0.467 e. The van der Waals surface area contributed by atoms with E-state index in [1.807, 2.05) is 6.07 Å². The summed E-state index contributed by atoms with van der Waals surface area (Å²) in [6.45, 7) is 10.1. The molecule has 0 aliphatic heterocycles. The van der Waals surface area contributed by atoms with Crippen LogP contribution in [0, 0.1) is 0 Å². The Balaban J connectivity index is 3.02. The van der Waals surface area contributed by atoms with Crippen LogP contribution in [0.15, 0.2) is 30.3 Å². The van der Waals surface area contributed by atoms with Crippen molar-refractivity contribution < 1.29 is 33.4 Å². The van der Waals surface area contributed by atoms with E-state index in [0.717, 1.165) is 5.56 Å². The lowest BCUT2D eigenvalue weighted by molar-refractivity contribution is -0.156. The van der Waals surface area contributed by atoms with Gasteiger partial charge in [0.1, 0.15) is 23.3 Å². The number of hydrogen-bond donors (Lipinski definition) is 2. The molecule has 0 aliphatic rings. The lowest BCUT2D eigenvalue weighted by atomic mass is 10.0. The fraction of sp³-hybridized carbons (Fsp3) is 0.565. The maximum absolute atomic E-state index is 13.0. The number of ether oxygens (including phenoxy) is 3. The van der Waals surface area contributed by atoms with Crippen LogP contribution in [0.5, 0.6) is 0 Å². The van der Waals surface area contributed by atoms with Crippen LogP contribution in [0.1, 0.15) is 53.5 Å². The molecule has 2 unspecified atom stereocenters. The number of methoxy groups -OCH3 is 1. The standard InChI is InChI=1S/C23H34N2O7/c1-22(2,3)31-18(26)14-16(25-21(29)32-23(4,5)6)19(27)24-17(20(28)30-7)13-15-11-9-8-10-12-15/h8-12,16-17H,13-14H2,1-7H3,(H,24,27)(H,25,29). The minimum absolute atomic E-state index is 0.171. The molecule has 0 saturated heterocycles. The van der Waals surface area contributed by atoms with E-state index >= 15 is 0 Å². The molecule has 0 bridgehead atoms. The molecule has 0 spiro atoms. The number of alkyl carbamates (subject to hydrolysis) is 1. The molecule has 0 fully saturated rings. The second-order valence-electron chi connectivity index (χ2n) is 9.26. The Bertz CT molecular complexity index is 765. The average molecular weight is 451 g/mol. The fourth-order valence-corrected chi connectivity index (χ4v) is 2.67. The number of benzene rings is 1. The van der Waals surface area contributed by atoms with Crippen LogP contribution in [0.3, 0.4) is 0 Å². The molecule has 9 heteroatoms. The predicted octanol–water partition coefficient (Wildman–Crippen LogP) is 2.51. The number of carbonyl (C=O) groups is 4. The smallest absolute Gasteiger partial charge is 0.408 e. The summed E-state index contributed by atoms with van der Waals surface area (Å²) in [6, 6.07) is 6.72. The first-order valence-electron chi connectivity index (χ1n) is 10.3. The molecule has 0 radical (unpaired) electrons. The number of rotatable bonds is 8. The van der Waals surface area contributed by atoms with Crippen LogP contribution >= 0.6 is 0 Å². The number of amides is 2.